The van der Waals surface area contributed by atoms with Gasteiger partial charge in [-0.1, -0.05) is 39.8 Å². The third-order valence-corrected chi connectivity index (χ3v) is 3.53. The first-order valence-electron chi connectivity index (χ1n) is 6.70. The average molecular weight is 277 g/mol. The van der Waals surface area contributed by atoms with Crippen molar-refractivity contribution < 1.29 is 14.3 Å². The molecule has 1 amide bonds. The van der Waals surface area contributed by atoms with E-state index in [2.05, 4.69) is 10.1 Å². The van der Waals surface area contributed by atoms with Crippen LogP contribution in [-0.2, 0) is 16.1 Å². The lowest BCUT2D eigenvalue weighted by Gasteiger charge is -2.26. The average Bonchev–Trinajstić information content (AvgIpc) is 2.42. The van der Waals surface area contributed by atoms with Crippen LogP contribution < -0.4 is 5.32 Å². The maximum atomic E-state index is 12.0. The first-order chi connectivity index (χ1) is 9.25. The minimum absolute atomic E-state index is 0.0366. The van der Waals surface area contributed by atoms with Gasteiger partial charge in [-0.05, 0) is 23.1 Å². The Morgan fingerprint density at radius 2 is 1.75 bits per heavy atom. The molecule has 0 heterocycles. The molecule has 0 aliphatic carbocycles. The second-order valence-corrected chi connectivity index (χ2v) is 5.99. The number of rotatable bonds is 4. The SMILES string of the molecule is COC(=O)c1ccc(CNC(=O)C(C)C(C)(C)C)cc1. The molecule has 4 heteroatoms. The van der Waals surface area contributed by atoms with Crippen LogP contribution in [0, 0.1) is 11.3 Å². The first kappa shape index (κ1) is 16.2. The van der Waals surface area contributed by atoms with Gasteiger partial charge < -0.3 is 10.1 Å². The zero-order chi connectivity index (χ0) is 15.3. The van der Waals surface area contributed by atoms with E-state index in [0.29, 0.717) is 12.1 Å². The third kappa shape index (κ3) is 4.37. The van der Waals surface area contributed by atoms with E-state index in [0.717, 1.165) is 5.56 Å². The molecule has 0 spiro atoms. The summed E-state index contributed by atoms with van der Waals surface area (Å²) in [5.41, 5.74) is 1.40. The maximum absolute atomic E-state index is 12.0. The monoisotopic (exact) mass is 277 g/mol. The minimum atomic E-state index is -0.359. The van der Waals surface area contributed by atoms with E-state index in [1.807, 2.05) is 39.8 Å². The molecule has 1 unspecified atom stereocenters. The van der Waals surface area contributed by atoms with Gasteiger partial charge in [0.05, 0.1) is 12.7 Å². The molecule has 20 heavy (non-hydrogen) atoms. The van der Waals surface area contributed by atoms with Crippen molar-refractivity contribution in [2.45, 2.75) is 34.2 Å². The quantitative estimate of drug-likeness (QED) is 0.861. The Hall–Kier alpha value is -1.84. The van der Waals surface area contributed by atoms with Gasteiger partial charge in [0.2, 0.25) is 5.91 Å². The van der Waals surface area contributed by atoms with E-state index in [1.54, 1.807) is 12.1 Å². The summed E-state index contributed by atoms with van der Waals surface area (Å²) >= 11 is 0. The van der Waals surface area contributed by atoms with E-state index >= 15 is 0 Å². The molecule has 110 valence electrons. The van der Waals surface area contributed by atoms with Crippen LogP contribution in [-0.4, -0.2) is 19.0 Å². The molecular formula is C16H23NO3. The molecule has 1 rings (SSSR count). The molecule has 0 aromatic heterocycles. The number of nitrogens with one attached hydrogen (secondary N) is 1. The predicted octanol–water partition coefficient (Wildman–Crippen LogP) is 2.77. The highest BCUT2D eigenvalue weighted by atomic mass is 16.5. The largest absolute Gasteiger partial charge is 0.465 e. The van der Waals surface area contributed by atoms with Gasteiger partial charge in [-0.3, -0.25) is 4.79 Å². The van der Waals surface area contributed by atoms with Gasteiger partial charge >= 0.3 is 5.97 Å². The van der Waals surface area contributed by atoms with Gasteiger partial charge in [-0.15, -0.1) is 0 Å². The predicted molar refractivity (Wildman–Crippen MR) is 78.2 cm³/mol. The number of carbonyl (C=O) groups is 2. The summed E-state index contributed by atoms with van der Waals surface area (Å²) < 4.78 is 4.63. The second kappa shape index (κ2) is 6.55. The summed E-state index contributed by atoms with van der Waals surface area (Å²) in [5.74, 6) is -0.381. The molecule has 1 N–H and O–H groups in total. The highest BCUT2D eigenvalue weighted by molar-refractivity contribution is 5.89. The topological polar surface area (TPSA) is 55.4 Å². The van der Waals surface area contributed by atoms with Crippen LogP contribution in [0.2, 0.25) is 0 Å². The lowest BCUT2D eigenvalue weighted by atomic mass is 9.81. The van der Waals surface area contributed by atoms with Crippen LogP contribution in [0.1, 0.15) is 43.6 Å². The van der Waals surface area contributed by atoms with Crippen molar-refractivity contribution in [3.05, 3.63) is 35.4 Å². The van der Waals surface area contributed by atoms with Gasteiger partial charge in [0.25, 0.3) is 0 Å². The van der Waals surface area contributed by atoms with E-state index in [1.165, 1.54) is 7.11 Å². The van der Waals surface area contributed by atoms with Crippen molar-refractivity contribution in [3.63, 3.8) is 0 Å². The number of carbonyl (C=O) groups excluding carboxylic acids is 2. The van der Waals surface area contributed by atoms with Crippen molar-refractivity contribution in [2.75, 3.05) is 7.11 Å². The fourth-order valence-corrected chi connectivity index (χ4v) is 1.61. The van der Waals surface area contributed by atoms with Crippen LogP contribution in [0.15, 0.2) is 24.3 Å². The molecule has 0 saturated heterocycles. The molecule has 0 radical (unpaired) electrons. The highest BCUT2D eigenvalue weighted by Crippen LogP contribution is 2.25. The number of hydrogen-bond acceptors (Lipinski definition) is 3. The number of benzene rings is 1. The van der Waals surface area contributed by atoms with Gasteiger partial charge in [-0.2, -0.15) is 0 Å². The molecule has 0 aliphatic rings. The van der Waals surface area contributed by atoms with Gasteiger partial charge in [0.1, 0.15) is 0 Å². The molecule has 0 saturated carbocycles. The zero-order valence-electron chi connectivity index (χ0n) is 12.8. The van der Waals surface area contributed by atoms with Crippen molar-refractivity contribution in [1.82, 2.24) is 5.32 Å². The highest BCUT2D eigenvalue weighted by Gasteiger charge is 2.26. The Morgan fingerprint density at radius 3 is 2.20 bits per heavy atom. The molecule has 4 nitrogen and oxygen atoms in total. The van der Waals surface area contributed by atoms with Crippen molar-refractivity contribution in [2.24, 2.45) is 11.3 Å². The summed E-state index contributed by atoms with van der Waals surface area (Å²) in [4.78, 5) is 23.3. The first-order valence-corrected chi connectivity index (χ1v) is 6.70. The lowest BCUT2D eigenvalue weighted by Crippen LogP contribution is -2.35. The van der Waals surface area contributed by atoms with E-state index in [-0.39, 0.29) is 23.2 Å². The summed E-state index contributed by atoms with van der Waals surface area (Å²) in [5, 5.41) is 2.91. The Kier molecular flexibility index (Phi) is 5.31. The number of hydrogen-bond donors (Lipinski definition) is 1. The molecule has 1 aromatic carbocycles. The molecule has 0 bridgehead atoms. The van der Waals surface area contributed by atoms with Crippen LogP contribution in [0.4, 0.5) is 0 Å². The minimum Gasteiger partial charge on any atom is -0.465 e. The summed E-state index contributed by atoms with van der Waals surface area (Å²) in [6, 6.07) is 7.02. The van der Waals surface area contributed by atoms with Crippen molar-refractivity contribution in [1.29, 1.82) is 0 Å². The normalized spacial score (nSPS) is 12.7. The van der Waals surface area contributed by atoms with Crippen LogP contribution in [0.3, 0.4) is 0 Å². The van der Waals surface area contributed by atoms with Gasteiger partial charge in [-0.25, -0.2) is 4.79 Å². The van der Waals surface area contributed by atoms with Gasteiger partial charge in [0, 0.05) is 12.5 Å². The summed E-state index contributed by atoms with van der Waals surface area (Å²) in [6.45, 7) is 8.52. The standard InChI is InChI=1S/C16H23NO3/c1-11(16(2,3)4)14(18)17-10-12-6-8-13(9-7-12)15(19)20-5/h6-9,11H,10H2,1-5H3,(H,17,18). The fraction of sp³-hybridized carbons (Fsp3) is 0.500. The Balaban J connectivity index is 2.58. The van der Waals surface area contributed by atoms with Crippen LogP contribution >= 0.6 is 0 Å². The van der Waals surface area contributed by atoms with E-state index < -0.39 is 0 Å². The van der Waals surface area contributed by atoms with Crippen LogP contribution in [0.25, 0.3) is 0 Å². The summed E-state index contributed by atoms with van der Waals surface area (Å²) in [7, 11) is 1.35. The zero-order valence-corrected chi connectivity index (χ0v) is 12.8. The summed E-state index contributed by atoms with van der Waals surface area (Å²) in [6.07, 6.45) is 0. The van der Waals surface area contributed by atoms with Crippen LogP contribution in [0.5, 0.6) is 0 Å². The molecule has 1 aromatic rings. The van der Waals surface area contributed by atoms with E-state index in [9.17, 15) is 9.59 Å². The number of esters is 1. The van der Waals surface area contributed by atoms with Gasteiger partial charge in [0.15, 0.2) is 0 Å². The Labute approximate surface area is 120 Å². The van der Waals surface area contributed by atoms with Crippen molar-refractivity contribution >= 4 is 11.9 Å². The Bertz CT molecular complexity index is 471. The maximum Gasteiger partial charge on any atom is 0.337 e. The lowest BCUT2D eigenvalue weighted by molar-refractivity contribution is -0.127. The second-order valence-electron chi connectivity index (χ2n) is 5.99. The number of methoxy groups -OCH3 is 1. The molecule has 0 aliphatic heterocycles. The number of ether oxygens (including phenoxy) is 1. The van der Waals surface area contributed by atoms with Crippen molar-refractivity contribution in [3.8, 4) is 0 Å². The molecule has 1 atom stereocenters. The smallest absolute Gasteiger partial charge is 0.337 e. The Morgan fingerprint density at radius 1 is 1.20 bits per heavy atom. The van der Waals surface area contributed by atoms with E-state index in [4.69, 9.17) is 0 Å². The fourth-order valence-electron chi connectivity index (χ4n) is 1.61. The molecule has 0 fully saturated rings. The number of amides is 1. The molecular weight excluding hydrogens is 254 g/mol. The third-order valence-electron chi connectivity index (χ3n) is 3.53.